The van der Waals surface area contributed by atoms with Crippen LogP contribution in [-0.2, 0) is 25.6 Å². The Kier molecular flexibility index (Phi) is 10.0. The lowest BCUT2D eigenvalue weighted by atomic mass is 10.2. The zero-order chi connectivity index (χ0) is 27.7. The number of carbonyl (C=O) groups excluding carboxylic acids is 3. The average molecular weight is 541 g/mol. The Morgan fingerprint density at radius 2 is 1.87 bits per heavy atom. The maximum Gasteiger partial charge on any atom is 0.310 e. The van der Waals surface area contributed by atoms with Crippen molar-refractivity contribution in [2.24, 2.45) is 0 Å². The summed E-state index contributed by atoms with van der Waals surface area (Å²) in [6.45, 7) is 3.81. The van der Waals surface area contributed by atoms with Gasteiger partial charge in [-0.1, -0.05) is 47.5 Å². The first-order valence-corrected chi connectivity index (χ1v) is 12.2. The lowest BCUT2D eigenvalue weighted by Gasteiger charge is -2.18. The van der Waals surface area contributed by atoms with Crippen LogP contribution in [0.2, 0.25) is 5.02 Å². The topological polar surface area (TPSA) is 142 Å². The molecular weight excluding hydrogens is 512 g/mol. The number of cyclic esters (lactones) is 1. The Bertz CT molecular complexity index is 1340. The van der Waals surface area contributed by atoms with Crippen molar-refractivity contribution >= 4 is 40.8 Å². The van der Waals surface area contributed by atoms with Crippen molar-refractivity contribution in [3.05, 3.63) is 93.4 Å². The number of nitrogen functional groups attached to an aromatic ring is 1. The molecule has 3 aromatic rings. The first kappa shape index (κ1) is 28.4. The van der Waals surface area contributed by atoms with Crippen molar-refractivity contribution in [1.82, 2.24) is 9.88 Å². The predicted molar refractivity (Wildman–Crippen MR) is 144 cm³/mol. The highest BCUT2D eigenvalue weighted by molar-refractivity contribution is 6.33. The van der Waals surface area contributed by atoms with Crippen LogP contribution in [0.4, 0.5) is 11.4 Å². The number of aromatic nitrogens is 1. The number of halogens is 1. The van der Waals surface area contributed by atoms with Crippen molar-refractivity contribution in [3.8, 4) is 0 Å². The number of nitrogens with two attached hydrogens (primary N) is 1. The molecule has 1 aromatic heterocycles. The van der Waals surface area contributed by atoms with Gasteiger partial charge in [0.1, 0.15) is 18.3 Å². The van der Waals surface area contributed by atoms with E-state index in [9.17, 15) is 19.2 Å². The van der Waals surface area contributed by atoms with Crippen LogP contribution in [-0.4, -0.2) is 41.3 Å². The normalized spacial score (nSPS) is 16.1. The van der Waals surface area contributed by atoms with E-state index in [2.05, 4.69) is 29.7 Å². The Morgan fingerprint density at radius 1 is 1.13 bits per heavy atom. The van der Waals surface area contributed by atoms with Crippen LogP contribution in [0.1, 0.15) is 29.3 Å². The van der Waals surface area contributed by atoms with E-state index in [4.69, 9.17) is 26.8 Å². The molecule has 0 radical (unpaired) electrons. The minimum absolute atomic E-state index is 0.0141. The van der Waals surface area contributed by atoms with Crippen LogP contribution in [0, 0.1) is 6.92 Å². The summed E-state index contributed by atoms with van der Waals surface area (Å²) in [5.74, 6) is -1.54. The van der Waals surface area contributed by atoms with Crippen molar-refractivity contribution in [3.63, 3.8) is 0 Å². The summed E-state index contributed by atoms with van der Waals surface area (Å²) < 4.78 is 11.4. The van der Waals surface area contributed by atoms with Crippen molar-refractivity contribution in [1.29, 1.82) is 0 Å². The number of nitrogens with one attached hydrogen (secondary N) is 2. The second-order valence-corrected chi connectivity index (χ2v) is 8.80. The fraction of sp³-hybridized carbons (Fsp3) is 0.259. The molecule has 0 spiro atoms. The van der Waals surface area contributed by atoms with Gasteiger partial charge in [-0.25, -0.2) is 0 Å². The molecular formula is C27H29ClN4O6. The summed E-state index contributed by atoms with van der Waals surface area (Å²) in [6.07, 6.45) is 0.523. The monoisotopic (exact) mass is 540 g/mol. The van der Waals surface area contributed by atoms with Gasteiger partial charge in [0.15, 0.2) is 0 Å². The van der Waals surface area contributed by atoms with E-state index < -0.39 is 35.7 Å². The van der Waals surface area contributed by atoms with Crippen molar-refractivity contribution in [2.75, 3.05) is 17.7 Å². The number of esters is 1. The lowest BCUT2D eigenvalue weighted by molar-refractivity contribution is -0.164. The van der Waals surface area contributed by atoms with E-state index in [-0.39, 0.29) is 29.2 Å². The fourth-order valence-corrected chi connectivity index (χ4v) is 3.71. The molecule has 1 saturated heterocycles. The first-order chi connectivity index (χ1) is 18.2. The van der Waals surface area contributed by atoms with Gasteiger partial charge < -0.3 is 30.4 Å². The number of nitrogens with zero attached hydrogens (tertiary/aromatic N) is 1. The highest BCUT2D eigenvalue weighted by Crippen LogP contribution is 2.20. The lowest BCUT2D eigenvalue weighted by Crippen LogP contribution is -2.44. The molecule has 2 atom stereocenters. The van der Waals surface area contributed by atoms with Crippen LogP contribution < -0.4 is 21.9 Å². The van der Waals surface area contributed by atoms with Gasteiger partial charge in [-0.3, -0.25) is 19.2 Å². The summed E-state index contributed by atoms with van der Waals surface area (Å²) in [6, 6.07) is 16.9. The average Bonchev–Trinajstić information content (AvgIpc) is 3.22. The van der Waals surface area contributed by atoms with E-state index in [1.807, 2.05) is 18.2 Å². The zero-order valence-electron chi connectivity index (χ0n) is 21.0. The third-order valence-corrected chi connectivity index (χ3v) is 5.75. The maximum atomic E-state index is 12.7. The molecule has 2 heterocycles. The number of rotatable bonds is 7. The van der Waals surface area contributed by atoms with Gasteiger partial charge in [-0.2, -0.15) is 0 Å². The molecule has 4 rings (SSSR count). The van der Waals surface area contributed by atoms with E-state index >= 15 is 0 Å². The van der Waals surface area contributed by atoms with E-state index in [1.54, 1.807) is 6.92 Å². The molecule has 200 valence electrons. The second kappa shape index (κ2) is 13.4. The van der Waals surface area contributed by atoms with Crippen molar-refractivity contribution in [2.45, 2.75) is 39.1 Å². The van der Waals surface area contributed by atoms with Gasteiger partial charge in [0.05, 0.1) is 17.1 Å². The third kappa shape index (κ3) is 7.92. The highest BCUT2D eigenvalue weighted by Gasteiger charge is 2.36. The molecule has 10 nitrogen and oxygen atoms in total. The summed E-state index contributed by atoms with van der Waals surface area (Å²) in [4.78, 5) is 49.0. The number of pyridine rings is 1. The molecule has 2 amide bonds. The van der Waals surface area contributed by atoms with Crippen LogP contribution in [0.5, 0.6) is 0 Å². The van der Waals surface area contributed by atoms with Gasteiger partial charge in [-0.05, 0) is 44.2 Å². The molecule has 0 saturated carbocycles. The van der Waals surface area contributed by atoms with Crippen LogP contribution in [0.3, 0.4) is 0 Å². The largest absolute Gasteiger partial charge is 0.433 e. The number of amides is 2. The summed E-state index contributed by atoms with van der Waals surface area (Å²) in [5.41, 5.74) is 6.91. The van der Waals surface area contributed by atoms with Crippen molar-refractivity contribution < 1.29 is 23.9 Å². The van der Waals surface area contributed by atoms with Crippen LogP contribution in [0.25, 0.3) is 0 Å². The molecule has 1 aliphatic heterocycles. The van der Waals surface area contributed by atoms with E-state index in [0.717, 1.165) is 4.57 Å². The summed E-state index contributed by atoms with van der Waals surface area (Å²) in [7, 11) is 0. The van der Waals surface area contributed by atoms with Gasteiger partial charge in [0.2, 0.25) is 12.2 Å². The maximum absolute atomic E-state index is 12.7. The number of benzene rings is 2. The Labute approximate surface area is 224 Å². The molecule has 1 fully saturated rings. The zero-order valence-corrected chi connectivity index (χ0v) is 21.7. The molecule has 0 aliphatic carbocycles. The quantitative estimate of drug-likeness (QED) is 0.309. The molecule has 4 N–H and O–H groups in total. The Balaban J connectivity index is 0.000000494. The second-order valence-electron chi connectivity index (χ2n) is 8.39. The molecule has 11 heteroatoms. The van der Waals surface area contributed by atoms with Gasteiger partial charge >= 0.3 is 5.97 Å². The minimum Gasteiger partial charge on any atom is -0.433 e. The first-order valence-electron chi connectivity index (χ1n) is 11.9. The van der Waals surface area contributed by atoms with Crippen LogP contribution in [0.15, 0.2) is 71.7 Å². The minimum atomic E-state index is -0.865. The molecule has 1 aliphatic rings. The smallest absolute Gasteiger partial charge is 0.310 e. The van der Waals surface area contributed by atoms with E-state index in [0.29, 0.717) is 12.3 Å². The standard InChI is InChI=1S/C20H21ClN4O6.C7H8/c1-2-30-20-15(9-17(27)31-20)23-16(26)10-25-7-3-4-14(19(25)29)24-18(28)11-5-6-13(22)12(21)8-11;1-7-5-3-2-4-6-7/h3-8,15,20H,2,9-10,22H2,1H3,(H,23,26)(H,24,28);2-6H,1H3. The molecule has 38 heavy (non-hydrogen) atoms. The molecule has 2 aromatic carbocycles. The summed E-state index contributed by atoms with van der Waals surface area (Å²) in [5, 5.41) is 5.35. The molecule has 2 unspecified atom stereocenters. The van der Waals surface area contributed by atoms with Gasteiger partial charge in [0.25, 0.3) is 11.5 Å². The highest BCUT2D eigenvalue weighted by atomic mass is 35.5. The predicted octanol–water partition coefficient (Wildman–Crippen LogP) is 3.13. The number of carbonyl (C=O) groups is 3. The van der Waals surface area contributed by atoms with Gasteiger partial charge in [-0.15, -0.1) is 0 Å². The Morgan fingerprint density at radius 3 is 2.50 bits per heavy atom. The van der Waals surface area contributed by atoms with Crippen LogP contribution >= 0.6 is 11.6 Å². The SMILES string of the molecule is CCOC1OC(=O)CC1NC(=O)Cn1cccc(NC(=O)c2ccc(N)c(Cl)c2)c1=O.Cc1ccccc1. The number of hydrogen-bond donors (Lipinski definition) is 3. The number of anilines is 2. The number of ether oxygens (including phenoxy) is 2. The Hall–Kier alpha value is -4.15. The van der Waals surface area contributed by atoms with Gasteiger partial charge in [0, 0.05) is 18.4 Å². The number of aryl methyl sites for hydroxylation is 1. The summed E-state index contributed by atoms with van der Waals surface area (Å²) >= 11 is 5.93. The fourth-order valence-electron chi connectivity index (χ4n) is 3.53. The third-order valence-electron chi connectivity index (χ3n) is 5.43. The molecule has 0 bridgehead atoms. The number of hydrogen-bond acceptors (Lipinski definition) is 7. The van der Waals surface area contributed by atoms with E-state index in [1.165, 1.54) is 42.1 Å².